The van der Waals surface area contributed by atoms with Crippen LogP contribution in [-0.4, -0.2) is 34.5 Å². The minimum Gasteiger partial charge on any atom is -0.481 e. The number of hydrogen-bond donors (Lipinski definition) is 1. The quantitative estimate of drug-likeness (QED) is 0.742. The van der Waals surface area contributed by atoms with Gasteiger partial charge in [-0.1, -0.05) is 13.0 Å². The average Bonchev–Trinajstić information content (AvgIpc) is 2.64. The molecule has 0 aromatic carbocycles. The molecule has 0 aliphatic carbocycles. The van der Waals surface area contributed by atoms with E-state index in [9.17, 15) is 9.59 Å². The molecule has 1 amide bonds. The molecule has 1 unspecified atom stereocenters. The van der Waals surface area contributed by atoms with E-state index in [1.54, 1.807) is 11.8 Å². The van der Waals surface area contributed by atoms with Crippen LogP contribution < -0.4 is 0 Å². The average molecular weight is 225 g/mol. The van der Waals surface area contributed by atoms with E-state index < -0.39 is 5.97 Å². The van der Waals surface area contributed by atoms with Crippen LogP contribution in [-0.2, 0) is 9.59 Å². The van der Waals surface area contributed by atoms with Crippen molar-refractivity contribution in [1.29, 1.82) is 0 Å². The highest BCUT2D eigenvalue weighted by molar-refractivity contribution is 5.93. The lowest BCUT2D eigenvalue weighted by atomic mass is 10.1. The van der Waals surface area contributed by atoms with Crippen LogP contribution in [0.2, 0.25) is 0 Å². The molecule has 0 radical (unpaired) electrons. The number of carboxylic acid groups (broad SMARTS) is 1. The maximum absolute atomic E-state index is 12.0. The van der Waals surface area contributed by atoms with Crippen molar-refractivity contribution >= 4 is 11.9 Å². The van der Waals surface area contributed by atoms with Gasteiger partial charge in [-0.2, -0.15) is 0 Å². The van der Waals surface area contributed by atoms with E-state index >= 15 is 0 Å². The summed E-state index contributed by atoms with van der Waals surface area (Å²) in [6.45, 7) is 4.46. The lowest BCUT2D eigenvalue weighted by Gasteiger charge is -2.23. The van der Waals surface area contributed by atoms with Crippen molar-refractivity contribution in [3.05, 3.63) is 11.6 Å². The van der Waals surface area contributed by atoms with Crippen molar-refractivity contribution in [2.24, 2.45) is 0 Å². The van der Waals surface area contributed by atoms with Crippen LogP contribution in [0.3, 0.4) is 0 Å². The summed E-state index contributed by atoms with van der Waals surface area (Å²) in [6, 6.07) is -0.120. The zero-order valence-electron chi connectivity index (χ0n) is 9.90. The predicted molar refractivity (Wildman–Crippen MR) is 61.0 cm³/mol. The van der Waals surface area contributed by atoms with Crippen molar-refractivity contribution in [2.75, 3.05) is 6.54 Å². The topological polar surface area (TPSA) is 57.6 Å². The fourth-order valence-corrected chi connectivity index (χ4v) is 2.14. The third kappa shape index (κ3) is 3.08. The van der Waals surface area contributed by atoms with E-state index in [4.69, 9.17) is 5.11 Å². The number of aliphatic carboxylic acids is 1. The third-order valence-electron chi connectivity index (χ3n) is 2.90. The molecule has 0 aromatic heterocycles. The number of hydrogen-bond acceptors (Lipinski definition) is 2. The Bertz CT molecular complexity index is 309. The molecular weight excluding hydrogens is 206 g/mol. The first-order valence-electron chi connectivity index (χ1n) is 5.75. The van der Waals surface area contributed by atoms with Crippen molar-refractivity contribution in [3.63, 3.8) is 0 Å². The highest BCUT2D eigenvalue weighted by atomic mass is 16.4. The summed E-state index contributed by atoms with van der Waals surface area (Å²) in [6.07, 6.45) is 4.49. The largest absolute Gasteiger partial charge is 0.481 e. The molecule has 1 N–H and O–H groups in total. The van der Waals surface area contributed by atoms with Gasteiger partial charge in [-0.3, -0.25) is 9.59 Å². The molecule has 0 bridgehead atoms. The third-order valence-corrected chi connectivity index (χ3v) is 2.90. The fourth-order valence-electron chi connectivity index (χ4n) is 2.14. The van der Waals surface area contributed by atoms with Crippen LogP contribution in [0.1, 0.15) is 39.5 Å². The molecular formula is C12H19NO3. The minimum absolute atomic E-state index is 0.00870. The molecule has 4 heteroatoms. The molecule has 1 aliphatic heterocycles. The number of rotatable bonds is 4. The smallest absolute Gasteiger partial charge is 0.305 e. The Morgan fingerprint density at radius 1 is 1.50 bits per heavy atom. The SMILES string of the molecule is CCC=C(C)C(=O)N1CCCC1CC(=O)O. The number of carboxylic acids is 1. The van der Waals surface area contributed by atoms with Crippen LogP contribution in [0.25, 0.3) is 0 Å². The van der Waals surface area contributed by atoms with E-state index in [-0.39, 0.29) is 18.4 Å². The number of nitrogens with zero attached hydrogens (tertiary/aromatic N) is 1. The van der Waals surface area contributed by atoms with Gasteiger partial charge >= 0.3 is 5.97 Å². The molecule has 1 fully saturated rings. The summed E-state index contributed by atoms with van der Waals surface area (Å²) < 4.78 is 0. The van der Waals surface area contributed by atoms with Crippen LogP contribution >= 0.6 is 0 Å². The molecule has 4 nitrogen and oxygen atoms in total. The van der Waals surface area contributed by atoms with Gasteiger partial charge in [-0.05, 0) is 26.2 Å². The van der Waals surface area contributed by atoms with Gasteiger partial charge in [-0.15, -0.1) is 0 Å². The first-order valence-corrected chi connectivity index (χ1v) is 5.75. The lowest BCUT2D eigenvalue weighted by molar-refractivity contribution is -0.139. The maximum atomic E-state index is 12.0. The number of likely N-dealkylation sites (tertiary alicyclic amines) is 1. The van der Waals surface area contributed by atoms with Crippen LogP contribution in [0.15, 0.2) is 11.6 Å². The van der Waals surface area contributed by atoms with Gasteiger partial charge in [0.25, 0.3) is 0 Å². The Labute approximate surface area is 95.9 Å². The standard InChI is InChI=1S/C12H19NO3/c1-3-5-9(2)12(16)13-7-4-6-10(13)8-11(14)15/h5,10H,3-4,6-8H2,1-2H3,(H,14,15). The van der Waals surface area contributed by atoms with Crippen LogP contribution in [0.5, 0.6) is 0 Å². The molecule has 0 saturated carbocycles. The molecule has 16 heavy (non-hydrogen) atoms. The Morgan fingerprint density at radius 2 is 2.19 bits per heavy atom. The molecule has 90 valence electrons. The summed E-state index contributed by atoms with van der Waals surface area (Å²) in [4.78, 5) is 24.4. The van der Waals surface area contributed by atoms with Gasteiger partial charge in [0, 0.05) is 18.2 Å². The van der Waals surface area contributed by atoms with Crippen LogP contribution in [0, 0.1) is 0 Å². The second kappa shape index (κ2) is 5.68. The molecule has 1 heterocycles. The Kier molecular flexibility index (Phi) is 4.52. The lowest BCUT2D eigenvalue weighted by Crippen LogP contribution is -2.37. The molecule has 1 aliphatic rings. The molecule has 0 spiro atoms. The highest BCUT2D eigenvalue weighted by Gasteiger charge is 2.30. The predicted octanol–water partition coefficient (Wildman–Crippen LogP) is 1.81. The Hall–Kier alpha value is -1.32. The number of amides is 1. The number of allylic oxidation sites excluding steroid dienone is 1. The zero-order valence-corrected chi connectivity index (χ0v) is 9.90. The number of carbonyl (C=O) groups excluding carboxylic acids is 1. The summed E-state index contributed by atoms with van der Waals surface area (Å²) >= 11 is 0. The van der Waals surface area contributed by atoms with Crippen molar-refractivity contribution in [3.8, 4) is 0 Å². The van der Waals surface area contributed by atoms with Crippen molar-refractivity contribution in [1.82, 2.24) is 4.90 Å². The van der Waals surface area contributed by atoms with Gasteiger partial charge in [0.2, 0.25) is 5.91 Å². The second-order valence-corrected chi connectivity index (χ2v) is 4.19. The fraction of sp³-hybridized carbons (Fsp3) is 0.667. The second-order valence-electron chi connectivity index (χ2n) is 4.19. The summed E-state index contributed by atoms with van der Waals surface area (Å²) in [5.74, 6) is -0.840. The molecule has 0 aromatic rings. The Balaban J connectivity index is 2.67. The Morgan fingerprint density at radius 3 is 2.75 bits per heavy atom. The first kappa shape index (κ1) is 12.7. The van der Waals surface area contributed by atoms with E-state index in [1.807, 2.05) is 13.0 Å². The summed E-state index contributed by atoms with van der Waals surface area (Å²) in [5.41, 5.74) is 0.722. The van der Waals surface area contributed by atoms with Crippen LogP contribution in [0.4, 0.5) is 0 Å². The first-order chi connectivity index (χ1) is 7.56. The van der Waals surface area contributed by atoms with Gasteiger partial charge in [0.05, 0.1) is 6.42 Å². The highest BCUT2D eigenvalue weighted by Crippen LogP contribution is 2.22. The van der Waals surface area contributed by atoms with Crippen molar-refractivity contribution in [2.45, 2.75) is 45.6 Å². The normalized spacial score (nSPS) is 21.2. The molecule has 1 atom stereocenters. The van der Waals surface area contributed by atoms with Gasteiger partial charge < -0.3 is 10.0 Å². The zero-order chi connectivity index (χ0) is 12.1. The van der Waals surface area contributed by atoms with E-state index in [2.05, 4.69) is 0 Å². The van der Waals surface area contributed by atoms with E-state index in [0.717, 1.165) is 24.8 Å². The van der Waals surface area contributed by atoms with E-state index in [0.29, 0.717) is 6.54 Å². The number of carbonyl (C=O) groups is 2. The maximum Gasteiger partial charge on any atom is 0.305 e. The monoisotopic (exact) mass is 225 g/mol. The summed E-state index contributed by atoms with van der Waals surface area (Å²) in [5, 5.41) is 8.76. The minimum atomic E-state index is -0.832. The van der Waals surface area contributed by atoms with Crippen molar-refractivity contribution < 1.29 is 14.7 Å². The van der Waals surface area contributed by atoms with E-state index in [1.165, 1.54) is 0 Å². The van der Waals surface area contributed by atoms with Gasteiger partial charge in [-0.25, -0.2) is 0 Å². The summed E-state index contributed by atoms with van der Waals surface area (Å²) in [7, 11) is 0. The molecule has 1 rings (SSSR count). The molecule has 1 saturated heterocycles. The van der Waals surface area contributed by atoms with Gasteiger partial charge in [0.15, 0.2) is 0 Å². The van der Waals surface area contributed by atoms with Gasteiger partial charge in [0.1, 0.15) is 0 Å².